The lowest BCUT2D eigenvalue weighted by molar-refractivity contribution is 0.192. The molecule has 2 heterocycles. The van der Waals surface area contributed by atoms with E-state index in [1.807, 2.05) is 0 Å². The van der Waals surface area contributed by atoms with Gasteiger partial charge >= 0.3 is 0 Å². The quantitative estimate of drug-likeness (QED) is 0.637. The molecule has 1 aromatic rings. The number of hydrogen-bond donors (Lipinski definition) is 1. The molecule has 11 heavy (non-hydrogen) atoms. The van der Waals surface area contributed by atoms with Gasteiger partial charge in [-0.3, -0.25) is 0 Å². The summed E-state index contributed by atoms with van der Waals surface area (Å²) in [5.41, 5.74) is 1.41. The van der Waals surface area contributed by atoms with E-state index >= 15 is 0 Å². The Morgan fingerprint density at radius 2 is 2.55 bits per heavy atom. The molecule has 2 rings (SSSR count). The van der Waals surface area contributed by atoms with Crippen LogP contribution in [0.25, 0.3) is 0 Å². The van der Waals surface area contributed by atoms with Crippen molar-refractivity contribution < 1.29 is 5.11 Å². The maximum atomic E-state index is 8.94. The summed E-state index contributed by atoms with van der Waals surface area (Å²) in [4.78, 5) is 0. The molecule has 1 atom stereocenters. The third-order valence-corrected chi connectivity index (χ3v) is 2.45. The van der Waals surface area contributed by atoms with Crippen molar-refractivity contribution in [3.63, 3.8) is 0 Å². The largest absolute Gasteiger partial charge is 0.396 e. The van der Waals surface area contributed by atoms with E-state index in [2.05, 4.69) is 22.9 Å². The summed E-state index contributed by atoms with van der Waals surface area (Å²) in [6.07, 6.45) is 4.36. The van der Waals surface area contributed by atoms with Crippen LogP contribution in [-0.2, 0) is 13.0 Å². The van der Waals surface area contributed by atoms with Crippen LogP contribution in [0.2, 0.25) is 0 Å². The molecule has 1 unspecified atom stereocenters. The summed E-state index contributed by atoms with van der Waals surface area (Å²) >= 11 is 0. The van der Waals surface area contributed by atoms with Crippen molar-refractivity contribution in [2.24, 2.45) is 5.92 Å². The fraction of sp³-hybridized carbons (Fsp3) is 0.556. The van der Waals surface area contributed by atoms with Crippen LogP contribution < -0.4 is 0 Å². The minimum atomic E-state index is 0.331. The van der Waals surface area contributed by atoms with Gasteiger partial charge in [0.05, 0.1) is 0 Å². The van der Waals surface area contributed by atoms with E-state index in [0.717, 1.165) is 19.4 Å². The summed E-state index contributed by atoms with van der Waals surface area (Å²) in [6, 6.07) is 4.24. The molecule has 2 nitrogen and oxygen atoms in total. The Labute approximate surface area is 66.5 Å². The lowest BCUT2D eigenvalue weighted by Crippen LogP contribution is -2.21. The number of fused-ring (bicyclic) bond motifs is 1. The molecule has 0 spiro atoms. The molecule has 0 bridgehead atoms. The van der Waals surface area contributed by atoms with Gasteiger partial charge in [-0.2, -0.15) is 0 Å². The average molecular weight is 151 g/mol. The van der Waals surface area contributed by atoms with Crippen molar-refractivity contribution in [1.82, 2.24) is 4.57 Å². The molecule has 60 valence electrons. The van der Waals surface area contributed by atoms with Gasteiger partial charge in [-0.1, -0.05) is 0 Å². The first kappa shape index (κ1) is 6.92. The lowest BCUT2D eigenvalue weighted by Gasteiger charge is -2.22. The van der Waals surface area contributed by atoms with Crippen LogP contribution in [0.3, 0.4) is 0 Å². The van der Waals surface area contributed by atoms with Crippen LogP contribution in [0, 0.1) is 5.92 Å². The van der Waals surface area contributed by atoms with E-state index in [-0.39, 0.29) is 0 Å². The minimum Gasteiger partial charge on any atom is -0.396 e. The van der Waals surface area contributed by atoms with Crippen molar-refractivity contribution in [3.8, 4) is 0 Å². The summed E-state index contributed by atoms with van der Waals surface area (Å²) in [5, 5.41) is 8.94. The van der Waals surface area contributed by atoms with E-state index < -0.39 is 0 Å². The van der Waals surface area contributed by atoms with Gasteiger partial charge in [0.15, 0.2) is 0 Å². The number of nitrogens with zero attached hydrogens (tertiary/aromatic N) is 1. The molecule has 1 aromatic heterocycles. The van der Waals surface area contributed by atoms with E-state index in [0.29, 0.717) is 12.5 Å². The number of aliphatic hydroxyl groups is 1. The van der Waals surface area contributed by atoms with Gasteiger partial charge < -0.3 is 9.67 Å². The van der Waals surface area contributed by atoms with Gasteiger partial charge in [0, 0.05) is 31.0 Å². The van der Waals surface area contributed by atoms with Gasteiger partial charge in [-0.15, -0.1) is 0 Å². The molecule has 2 heteroatoms. The van der Waals surface area contributed by atoms with E-state index in [1.54, 1.807) is 0 Å². The monoisotopic (exact) mass is 151 g/mol. The minimum absolute atomic E-state index is 0.331. The molecule has 0 saturated carbocycles. The Balaban J connectivity index is 2.18. The van der Waals surface area contributed by atoms with Crippen LogP contribution in [0.5, 0.6) is 0 Å². The summed E-state index contributed by atoms with van der Waals surface area (Å²) in [5.74, 6) is 0.481. The molecule has 1 N–H and O–H groups in total. The highest BCUT2D eigenvalue weighted by molar-refractivity contribution is 5.09. The second kappa shape index (κ2) is 2.70. The molecule has 0 radical (unpaired) electrons. The maximum absolute atomic E-state index is 8.94. The van der Waals surface area contributed by atoms with Crippen LogP contribution in [0.1, 0.15) is 12.1 Å². The molecule has 0 fully saturated rings. The molecule has 1 aliphatic rings. The first-order valence-corrected chi connectivity index (χ1v) is 4.15. The Kier molecular flexibility index (Phi) is 1.70. The third-order valence-electron chi connectivity index (χ3n) is 2.45. The Hall–Kier alpha value is -0.760. The zero-order valence-electron chi connectivity index (χ0n) is 6.53. The Bertz CT molecular complexity index is 241. The van der Waals surface area contributed by atoms with Crippen molar-refractivity contribution >= 4 is 0 Å². The van der Waals surface area contributed by atoms with Crippen molar-refractivity contribution in [3.05, 3.63) is 24.0 Å². The summed E-state index contributed by atoms with van der Waals surface area (Å²) in [6.45, 7) is 1.33. The standard InChI is InChI=1S/C9H13NO/c11-7-8-3-4-9-2-1-5-10(9)6-8/h1-2,5,8,11H,3-4,6-7H2. The van der Waals surface area contributed by atoms with Crippen molar-refractivity contribution in [2.45, 2.75) is 19.4 Å². The van der Waals surface area contributed by atoms with E-state index in [1.165, 1.54) is 5.69 Å². The van der Waals surface area contributed by atoms with Crippen LogP contribution in [0.4, 0.5) is 0 Å². The topological polar surface area (TPSA) is 25.2 Å². The van der Waals surface area contributed by atoms with Gasteiger partial charge in [0.1, 0.15) is 0 Å². The summed E-state index contributed by atoms with van der Waals surface area (Å²) in [7, 11) is 0. The van der Waals surface area contributed by atoms with Crippen molar-refractivity contribution in [1.29, 1.82) is 0 Å². The highest BCUT2D eigenvalue weighted by Crippen LogP contribution is 2.19. The second-order valence-electron chi connectivity index (χ2n) is 3.24. The third kappa shape index (κ3) is 1.18. The van der Waals surface area contributed by atoms with Crippen LogP contribution in [-0.4, -0.2) is 16.3 Å². The van der Waals surface area contributed by atoms with Crippen LogP contribution >= 0.6 is 0 Å². The molecule has 0 aromatic carbocycles. The number of aromatic nitrogens is 1. The first-order valence-electron chi connectivity index (χ1n) is 4.15. The van der Waals surface area contributed by atoms with Gasteiger partial charge in [-0.05, 0) is 25.0 Å². The number of aryl methyl sites for hydroxylation is 1. The van der Waals surface area contributed by atoms with Gasteiger partial charge in [0.2, 0.25) is 0 Å². The van der Waals surface area contributed by atoms with E-state index in [9.17, 15) is 0 Å². The fourth-order valence-electron chi connectivity index (χ4n) is 1.73. The van der Waals surface area contributed by atoms with E-state index in [4.69, 9.17) is 5.11 Å². The molecular weight excluding hydrogens is 138 g/mol. The normalized spacial score (nSPS) is 23.2. The SMILES string of the molecule is OCC1CCc2cccn2C1. The first-order chi connectivity index (χ1) is 5.40. The number of aliphatic hydroxyl groups excluding tert-OH is 1. The lowest BCUT2D eigenvalue weighted by atomic mass is 9.99. The molecule has 1 aliphatic heterocycles. The molecule has 0 amide bonds. The zero-order valence-corrected chi connectivity index (χ0v) is 6.53. The fourth-order valence-corrected chi connectivity index (χ4v) is 1.73. The molecule has 0 aliphatic carbocycles. The zero-order chi connectivity index (χ0) is 7.68. The number of rotatable bonds is 1. The number of hydrogen-bond acceptors (Lipinski definition) is 1. The van der Waals surface area contributed by atoms with Crippen LogP contribution in [0.15, 0.2) is 18.3 Å². The molecular formula is C9H13NO. The predicted molar refractivity (Wildman–Crippen MR) is 43.3 cm³/mol. The van der Waals surface area contributed by atoms with Gasteiger partial charge in [0.25, 0.3) is 0 Å². The summed E-state index contributed by atoms with van der Waals surface area (Å²) < 4.78 is 2.24. The smallest absolute Gasteiger partial charge is 0.0476 e. The maximum Gasteiger partial charge on any atom is 0.0476 e. The second-order valence-corrected chi connectivity index (χ2v) is 3.24. The van der Waals surface area contributed by atoms with Crippen molar-refractivity contribution in [2.75, 3.05) is 6.61 Å². The van der Waals surface area contributed by atoms with Gasteiger partial charge in [-0.25, -0.2) is 0 Å². The predicted octanol–water partition coefficient (Wildman–Crippen LogP) is 1.04. The highest BCUT2D eigenvalue weighted by atomic mass is 16.3. The Morgan fingerprint density at radius 1 is 1.64 bits per heavy atom. The Morgan fingerprint density at radius 3 is 3.36 bits per heavy atom. The average Bonchev–Trinajstić information content (AvgIpc) is 2.50. The highest BCUT2D eigenvalue weighted by Gasteiger charge is 2.15. The molecule has 0 saturated heterocycles.